The summed E-state index contributed by atoms with van der Waals surface area (Å²) in [6, 6.07) is 5.83. The molecule has 1 fully saturated rings. The van der Waals surface area contributed by atoms with Gasteiger partial charge in [0.2, 0.25) is 0 Å². The highest BCUT2D eigenvalue weighted by molar-refractivity contribution is 8.93. The van der Waals surface area contributed by atoms with E-state index in [2.05, 4.69) is 26.1 Å². The van der Waals surface area contributed by atoms with Crippen molar-refractivity contribution in [3.05, 3.63) is 46.3 Å². The Bertz CT molecular complexity index is 1210. The molecular weight excluding hydrogens is 553 g/mol. The Morgan fingerprint density at radius 3 is 2.37 bits per heavy atom. The number of ketones is 1. The molecule has 0 bridgehead atoms. The Labute approximate surface area is 235 Å². The van der Waals surface area contributed by atoms with E-state index in [1.807, 2.05) is 19.1 Å². The molecule has 2 aromatic carbocycles. The first-order valence-electron chi connectivity index (χ1n) is 13.1. The van der Waals surface area contributed by atoms with E-state index in [1.165, 1.54) is 6.42 Å². The van der Waals surface area contributed by atoms with Gasteiger partial charge in [-0.3, -0.25) is 10.2 Å². The zero-order valence-corrected chi connectivity index (χ0v) is 24.8. The molecule has 0 unspecified atom stereocenters. The molecule has 2 aromatic rings. The quantitative estimate of drug-likeness (QED) is 0.307. The number of nitrogens with one attached hydrogen (secondary N) is 2. The highest BCUT2D eigenvalue weighted by Gasteiger charge is 2.34. The lowest BCUT2D eigenvalue weighted by atomic mass is 9.84. The van der Waals surface area contributed by atoms with E-state index in [9.17, 15) is 4.79 Å². The topological polar surface area (TPSA) is 83.9 Å². The molecule has 38 heavy (non-hydrogen) atoms. The average molecular weight is 593 g/mol. The van der Waals surface area contributed by atoms with Crippen LogP contribution >= 0.6 is 17.0 Å². The lowest BCUT2D eigenvalue weighted by molar-refractivity contribution is 0.0962. The predicted octanol–water partition coefficient (Wildman–Crippen LogP) is 6.50. The van der Waals surface area contributed by atoms with Crippen LogP contribution in [0.25, 0.3) is 0 Å². The Kier molecular flexibility index (Phi) is 9.34. The monoisotopic (exact) mass is 591 g/mol. The molecule has 2 N–H and O–H groups in total. The number of hydrogen-bond donors (Lipinski definition) is 2. The van der Waals surface area contributed by atoms with Gasteiger partial charge in [-0.05, 0) is 62.3 Å². The van der Waals surface area contributed by atoms with Gasteiger partial charge in [-0.15, -0.1) is 17.0 Å². The van der Waals surface area contributed by atoms with Crippen molar-refractivity contribution in [3.8, 4) is 17.2 Å². The van der Waals surface area contributed by atoms with Crippen molar-refractivity contribution in [2.75, 3.05) is 32.2 Å². The maximum Gasteiger partial charge on any atom is 0.197 e. The van der Waals surface area contributed by atoms with E-state index in [1.54, 1.807) is 25.0 Å². The van der Waals surface area contributed by atoms with E-state index in [-0.39, 0.29) is 65.0 Å². The lowest BCUT2D eigenvalue weighted by Gasteiger charge is -2.31. The molecule has 0 saturated heterocycles. The van der Waals surface area contributed by atoms with Crippen LogP contribution in [0.4, 0.5) is 10.1 Å². The number of rotatable bonds is 10. The van der Waals surface area contributed by atoms with E-state index in [4.69, 9.17) is 19.6 Å². The molecule has 4 rings (SSSR count). The molecule has 9 heteroatoms. The number of carbonyl (C=O) groups excluding carboxylic acids is 1. The SMILES string of the molecule is Br.CCOc1cc2c(c(F)c1OCC)C(=N)N(CC(=O)c1cc(NC3CCC3)c(OC)c(C(C)(C)C)c1)C2. The summed E-state index contributed by atoms with van der Waals surface area (Å²) in [7, 11) is 1.66. The number of ether oxygens (including phenoxy) is 3. The number of carbonyl (C=O) groups is 1. The summed E-state index contributed by atoms with van der Waals surface area (Å²) in [4.78, 5) is 15.2. The number of Topliss-reactive ketones (excluding diaryl/α,β-unsaturated/α-hetero) is 1. The van der Waals surface area contributed by atoms with Crippen molar-refractivity contribution >= 4 is 34.3 Å². The molecule has 1 aliphatic heterocycles. The molecule has 0 aromatic heterocycles. The number of benzene rings is 2. The number of fused-ring (bicyclic) bond motifs is 1. The lowest BCUT2D eigenvalue weighted by Crippen LogP contribution is -2.31. The van der Waals surface area contributed by atoms with Crippen LogP contribution in [0.3, 0.4) is 0 Å². The molecule has 0 amide bonds. The van der Waals surface area contributed by atoms with Crippen molar-refractivity contribution in [2.45, 2.75) is 71.9 Å². The maximum absolute atomic E-state index is 15.4. The van der Waals surface area contributed by atoms with Crippen LogP contribution in [-0.2, 0) is 12.0 Å². The van der Waals surface area contributed by atoms with E-state index in [0.717, 1.165) is 29.8 Å². The molecule has 208 valence electrons. The van der Waals surface area contributed by atoms with E-state index in [0.29, 0.717) is 29.5 Å². The minimum Gasteiger partial charge on any atom is -0.494 e. The Hall–Kier alpha value is -2.81. The molecule has 1 saturated carbocycles. The van der Waals surface area contributed by atoms with Crippen molar-refractivity contribution < 1.29 is 23.4 Å². The van der Waals surface area contributed by atoms with Crippen LogP contribution in [-0.4, -0.2) is 49.4 Å². The van der Waals surface area contributed by atoms with Gasteiger partial charge < -0.3 is 24.4 Å². The molecule has 1 aliphatic carbocycles. The molecule has 0 atom stereocenters. The fourth-order valence-corrected chi connectivity index (χ4v) is 4.87. The molecule has 0 radical (unpaired) electrons. The summed E-state index contributed by atoms with van der Waals surface area (Å²) in [5, 5.41) is 12.2. The smallest absolute Gasteiger partial charge is 0.197 e. The Morgan fingerprint density at radius 1 is 1.13 bits per heavy atom. The number of hydrogen-bond acceptors (Lipinski definition) is 6. The zero-order chi connectivity index (χ0) is 26.9. The summed E-state index contributed by atoms with van der Waals surface area (Å²) >= 11 is 0. The molecule has 1 heterocycles. The second-order valence-electron chi connectivity index (χ2n) is 10.7. The van der Waals surface area contributed by atoms with Crippen LogP contribution in [0, 0.1) is 11.2 Å². The number of nitrogens with zero attached hydrogens (tertiary/aromatic N) is 1. The Balaban J connectivity index is 0.00000400. The van der Waals surface area contributed by atoms with Crippen LogP contribution < -0.4 is 19.5 Å². The summed E-state index contributed by atoms with van der Waals surface area (Å²) in [5.74, 6) is 0.302. The largest absolute Gasteiger partial charge is 0.494 e. The third-order valence-electron chi connectivity index (χ3n) is 6.99. The van der Waals surface area contributed by atoms with Gasteiger partial charge in [0.25, 0.3) is 0 Å². The summed E-state index contributed by atoms with van der Waals surface area (Å²) in [6.07, 6.45) is 3.37. The van der Waals surface area contributed by atoms with Crippen LogP contribution in [0.1, 0.15) is 80.9 Å². The first kappa shape index (κ1) is 29.7. The van der Waals surface area contributed by atoms with Gasteiger partial charge in [-0.1, -0.05) is 20.8 Å². The van der Waals surface area contributed by atoms with E-state index >= 15 is 4.39 Å². The summed E-state index contributed by atoms with van der Waals surface area (Å²) < 4.78 is 32.3. The summed E-state index contributed by atoms with van der Waals surface area (Å²) in [5.41, 5.74) is 2.83. The first-order chi connectivity index (χ1) is 17.6. The van der Waals surface area contributed by atoms with Gasteiger partial charge in [0.05, 0.1) is 38.1 Å². The standard InChI is InChI=1S/C29H38FN3O4.BrH/c1-7-36-23-14-18-15-33(28(31)24(18)25(30)27(23)37-8-2)16-22(34)17-12-20(29(3,4)5)26(35-6)21(13-17)32-19-10-9-11-19;/h12-14,19,31-32H,7-11,15-16H2,1-6H3;1H. The molecule has 0 spiro atoms. The molecule has 7 nitrogen and oxygen atoms in total. The fourth-order valence-electron chi connectivity index (χ4n) is 4.87. The van der Waals surface area contributed by atoms with Gasteiger partial charge in [-0.25, -0.2) is 4.39 Å². The van der Waals surface area contributed by atoms with E-state index < -0.39 is 5.82 Å². The van der Waals surface area contributed by atoms with Gasteiger partial charge in [-0.2, -0.15) is 0 Å². The second kappa shape index (κ2) is 11.9. The minimum atomic E-state index is -0.616. The fraction of sp³-hybridized carbons (Fsp3) is 0.517. The third kappa shape index (κ3) is 5.77. The molecule has 2 aliphatic rings. The highest BCUT2D eigenvalue weighted by Crippen LogP contribution is 2.41. The van der Waals surface area contributed by atoms with Gasteiger partial charge >= 0.3 is 0 Å². The second-order valence-corrected chi connectivity index (χ2v) is 10.7. The normalized spacial score (nSPS) is 14.9. The zero-order valence-electron chi connectivity index (χ0n) is 23.1. The van der Waals surface area contributed by atoms with Gasteiger partial charge in [0.15, 0.2) is 23.1 Å². The maximum atomic E-state index is 15.4. The summed E-state index contributed by atoms with van der Waals surface area (Å²) in [6.45, 7) is 10.7. The van der Waals surface area contributed by atoms with Crippen LogP contribution in [0.5, 0.6) is 17.2 Å². The van der Waals surface area contributed by atoms with Gasteiger partial charge in [0, 0.05) is 23.7 Å². The third-order valence-corrected chi connectivity index (χ3v) is 6.99. The van der Waals surface area contributed by atoms with Crippen LogP contribution in [0.15, 0.2) is 18.2 Å². The highest BCUT2D eigenvalue weighted by atomic mass is 79.9. The Morgan fingerprint density at radius 2 is 1.82 bits per heavy atom. The molecular formula is C29H39BrFN3O4. The van der Waals surface area contributed by atoms with Gasteiger partial charge in [0.1, 0.15) is 11.6 Å². The number of amidine groups is 1. The van der Waals surface area contributed by atoms with Crippen molar-refractivity contribution in [2.24, 2.45) is 0 Å². The average Bonchev–Trinajstić information content (AvgIpc) is 3.12. The first-order valence-corrected chi connectivity index (χ1v) is 13.1. The van der Waals surface area contributed by atoms with Crippen molar-refractivity contribution in [3.63, 3.8) is 0 Å². The predicted molar refractivity (Wildman–Crippen MR) is 154 cm³/mol. The minimum absolute atomic E-state index is 0. The van der Waals surface area contributed by atoms with Crippen molar-refractivity contribution in [1.82, 2.24) is 4.90 Å². The number of halogens is 2. The van der Waals surface area contributed by atoms with Crippen LogP contribution in [0.2, 0.25) is 0 Å². The number of anilines is 1. The number of methoxy groups -OCH3 is 1. The van der Waals surface area contributed by atoms with Crippen molar-refractivity contribution in [1.29, 1.82) is 5.41 Å².